The van der Waals surface area contributed by atoms with E-state index in [0.29, 0.717) is 25.0 Å². The average molecular weight is 285 g/mol. The zero-order chi connectivity index (χ0) is 14.0. The Morgan fingerprint density at radius 2 is 2.21 bits per heavy atom. The lowest BCUT2D eigenvalue weighted by Gasteiger charge is -2.36. The summed E-state index contributed by atoms with van der Waals surface area (Å²) < 4.78 is 26.7. The van der Waals surface area contributed by atoms with Crippen molar-refractivity contribution in [2.24, 2.45) is 13.0 Å². The second-order valence-corrected chi connectivity index (χ2v) is 7.47. The van der Waals surface area contributed by atoms with E-state index in [2.05, 4.69) is 22.9 Å². The third kappa shape index (κ3) is 3.58. The second-order valence-electron chi connectivity index (χ2n) is 5.48. The maximum absolute atomic E-state index is 11.5. The Balaban J connectivity index is 1.89. The van der Waals surface area contributed by atoms with E-state index in [1.54, 1.807) is 4.31 Å². The number of rotatable bonds is 4. The van der Waals surface area contributed by atoms with E-state index in [4.69, 9.17) is 0 Å². The minimum atomic E-state index is -3.05. The van der Waals surface area contributed by atoms with Gasteiger partial charge >= 0.3 is 0 Å². The number of nitrogens with zero attached hydrogens (tertiary/aromatic N) is 2. The fourth-order valence-electron chi connectivity index (χ4n) is 2.63. The van der Waals surface area contributed by atoms with Crippen molar-refractivity contribution in [2.75, 3.05) is 19.3 Å². The lowest BCUT2D eigenvalue weighted by Crippen LogP contribution is -2.49. The van der Waals surface area contributed by atoms with Crippen molar-refractivity contribution in [3.05, 3.63) is 24.0 Å². The predicted octanol–water partition coefficient (Wildman–Crippen LogP) is 0.785. The van der Waals surface area contributed by atoms with Gasteiger partial charge < -0.3 is 9.88 Å². The molecule has 6 heteroatoms. The standard InChI is InChI=1S/C13H23N3O2S/c1-11-10-16(19(3,17)18)8-6-13(11)14-9-12-5-4-7-15(12)2/h4-5,7,11,13-14H,6,8-10H2,1-3H3/t11-,13-/m1/s1. The smallest absolute Gasteiger partial charge is 0.211 e. The van der Waals surface area contributed by atoms with Crippen molar-refractivity contribution in [3.8, 4) is 0 Å². The molecule has 0 spiro atoms. The number of aromatic nitrogens is 1. The largest absolute Gasteiger partial charge is 0.353 e. The van der Waals surface area contributed by atoms with Gasteiger partial charge in [-0.25, -0.2) is 12.7 Å². The summed E-state index contributed by atoms with van der Waals surface area (Å²) in [5.41, 5.74) is 1.25. The second kappa shape index (κ2) is 5.64. The van der Waals surface area contributed by atoms with Crippen LogP contribution in [0.3, 0.4) is 0 Å². The lowest BCUT2D eigenvalue weighted by molar-refractivity contribution is 0.219. The molecule has 19 heavy (non-hydrogen) atoms. The Morgan fingerprint density at radius 1 is 1.47 bits per heavy atom. The molecule has 108 valence electrons. The van der Waals surface area contributed by atoms with Gasteiger partial charge in [-0.2, -0.15) is 0 Å². The van der Waals surface area contributed by atoms with Crippen LogP contribution in [-0.4, -0.2) is 42.7 Å². The van der Waals surface area contributed by atoms with Crippen LogP contribution in [0.2, 0.25) is 0 Å². The van der Waals surface area contributed by atoms with Crippen molar-refractivity contribution < 1.29 is 8.42 Å². The molecular weight excluding hydrogens is 262 g/mol. The summed E-state index contributed by atoms with van der Waals surface area (Å²) in [6, 6.07) is 4.52. The molecular formula is C13H23N3O2S. The van der Waals surface area contributed by atoms with Crippen molar-refractivity contribution in [2.45, 2.75) is 25.9 Å². The van der Waals surface area contributed by atoms with E-state index in [-0.39, 0.29) is 0 Å². The molecule has 1 aliphatic heterocycles. The highest BCUT2D eigenvalue weighted by molar-refractivity contribution is 7.88. The van der Waals surface area contributed by atoms with Gasteiger partial charge in [0, 0.05) is 44.6 Å². The maximum atomic E-state index is 11.5. The van der Waals surface area contributed by atoms with Crippen molar-refractivity contribution in [3.63, 3.8) is 0 Å². The third-order valence-electron chi connectivity index (χ3n) is 3.93. The number of piperidine rings is 1. The first-order valence-corrected chi connectivity index (χ1v) is 8.51. The number of hydrogen-bond donors (Lipinski definition) is 1. The summed E-state index contributed by atoms with van der Waals surface area (Å²) in [6.07, 6.45) is 4.20. The van der Waals surface area contributed by atoms with E-state index >= 15 is 0 Å². The molecule has 0 saturated carbocycles. The summed E-state index contributed by atoms with van der Waals surface area (Å²) in [7, 11) is -1.01. The number of hydrogen-bond acceptors (Lipinski definition) is 3. The summed E-state index contributed by atoms with van der Waals surface area (Å²) in [6.45, 7) is 4.18. The molecule has 0 aliphatic carbocycles. The van der Waals surface area contributed by atoms with Gasteiger partial charge in [0.15, 0.2) is 0 Å². The van der Waals surface area contributed by atoms with Crippen molar-refractivity contribution in [1.82, 2.24) is 14.2 Å². The van der Waals surface area contributed by atoms with Crippen LogP contribution in [0, 0.1) is 5.92 Å². The Kier molecular flexibility index (Phi) is 4.32. The van der Waals surface area contributed by atoms with Gasteiger partial charge in [0.2, 0.25) is 10.0 Å². The monoisotopic (exact) mass is 285 g/mol. The summed E-state index contributed by atoms with van der Waals surface area (Å²) in [5, 5.41) is 3.54. The van der Waals surface area contributed by atoms with Gasteiger partial charge in [-0.3, -0.25) is 0 Å². The van der Waals surface area contributed by atoms with Crippen LogP contribution in [0.15, 0.2) is 18.3 Å². The van der Waals surface area contributed by atoms with Crippen LogP contribution in [0.1, 0.15) is 19.0 Å². The van der Waals surface area contributed by atoms with E-state index < -0.39 is 10.0 Å². The number of aryl methyl sites for hydroxylation is 1. The van der Waals surface area contributed by atoms with Crippen molar-refractivity contribution >= 4 is 10.0 Å². The van der Waals surface area contributed by atoms with Crippen molar-refractivity contribution in [1.29, 1.82) is 0 Å². The van der Waals surface area contributed by atoms with Gasteiger partial charge in [-0.15, -0.1) is 0 Å². The molecule has 0 aromatic carbocycles. The quantitative estimate of drug-likeness (QED) is 0.889. The molecule has 0 unspecified atom stereocenters. The number of nitrogens with one attached hydrogen (secondary N) is 1. The fourth-order valence-corrected chi connectivity index (χ4v) is 3.57. The normalized spacial score (nSPS) is 25.6. The number of sulfonamides is 1. The summed E-state index contributed by atoms with van der Waals surface area (Å²) in [5.74, 6) is 0.337. The molecule has 0 bridgehead atoms. The molecule has 1 aromatic rings. The molecule has 0 radical (unpaired) electrons. The fraction of sp³-hybridized carbons (Fsp3) is 0.692. The van der Waals surface area contributed by atoms with Crippen LogP contribution in [0.4, 0.5) is 0 Å². The molecule has 0 amide bonds. The van der Waals surface area contributed by atoms with E-state index in [9.17, 15) is 8.42 Å². The topological polar surface area (TPSA) is 54.3 Å². The highest BCUT2D eigenvalue weighted by Crippen LogP contribution is 2.19. The molecule has 5 nitrogen and oxygen atoms in total. The molecule has 1 N–H and O–H groups in total. The molecule has 2 heterocycles. The van der Waals surface area contributed by atoms with Crippen LogP contribution in [0.25, 0.3) is 0 Å². The van der Waals surface area contributed by atoms with Gasteiger partial charge in [0.25, 0.3) is 0 Å². The van der Waals surface area contributed by atoms with Gasteiger partial charge in [-0.05, 0) is 24.5 Å². The van der Waals surface area contributed by atoms with E-state index in [1.807, 2.05) is 19.3 Å². The maximum Gasteiger partial charge on any atom is 0.211 e. The minimum Gasteiger partial charge on any atom is -0.353 e. The third-order valence-corrected chi connectivity index (χ3v) is 5.20. The Bertz CT molecular complexity index is 524. The minimum absolute atomic E-state index is 0.337. The zero-order valence-electron chi connectivity index (χ0n) is 11.8. The van der Waals surface area contributed by atoms with Crippen LogP contribution in [-0.2, 0) is 23.6 Å². The zero-order valence-corrected chi connectivity index (χ0v) is 12.7. The van der Waals surface area contributed by atoms with Gasteiger partial charge in [0.1, 0.15) is 0 Å². The molecule has 1 saturated heterocycles. The summed E-state index contributed by atoms with van der Waals surface area (Å²) >= 11 is 0. The highest BCUT2D eigenvalue weighted by atomic mass is 32.2. The lowest BCUT2D eigenvalue weighted by atomic mass is 9.95. The molecule has 2 atom stereocenters. The van der Waals surface area contributed by atoms with Crippen LogP contribution < -0.4 is 5.32 Å². The van der Waals surface area contributed by atoms with Crippen LogP contribution in [0.5, 0.6) is 0 Å². The molecule has 1 fully saturated rings. The van der Waals surface area contributed by atoms with E-state index in [1.165, 1.54) is 11.9 Å². The SMILES string of the molecule is C[C@@H]1CN(S(C)(=O)=O)CC[C@H]1NCc1cccn1C. The first kappa shape index (κ1) is 14.6. The van der Waals surface area contributed by atoms with E-state index in [0.717, 1.165) is 13.0 Å². The highest BCUT2D eigenvalue weighted by Gasteiger charge is 2.30. The Labute approximate surface area is 115 Å². The predicted molar refractivity (Wildman–Crippen MR) is 76.2 cm³/mol. The van der Waals surface area contributed by atoms with Crippen LogP contribution >= 0.6 is 0 Å². The molecule has 1 aliphatic rings. The van der Waals surface area contributed by atoms with Gasteiger partial charge in [0.05, 0.1) is 6.26 Å². The van der Waals surface area contributed by atoms with Gasteiger partial charge in [-0.1, -0.05) is 6.92 Å². The average Bonchev–Trinajstić information content (AvgIpc) is 2.72. The Hall–Kier alpha value is -0.850. The first-order valence-electron chi connectivity index (χ1n) is 6.66. The first-order chi connectivity index (χ1) is 8.88. The molecule has 1 aromatic heterocycles. The summed E-state index contributed by atoms with van der Waals surface area (Å²) in [4.78, 5) is 0. The Morgan fingerprint density at radius 3 is 2.74 bits per heavy atom. The molecule has 2 rings (SSSR count).